The zero-order chi connectivity index (χ0) is 9.97. The van der Waals surface area contributed by atoms with Crippen LogP contribution in [0.4, 0.5) is 5.69 Å². The molecule has 2 rings (SSSR count). The summed E-state index contributed by atoms with van der Waals surface area (Å²) < 4.78 is 6.21. The minimum absolute atomic E-state index is 0.0400. The maximum Gasteiger partial charge on any atom is 0.253 e. The summed E-state index contributed by atoms with van der Waals surface area (Å²) in [4.78, 5) is 13.3. The van der Waals surface area contributed by atoms with Gasteiger partial charge >= 0.3 is 0 Å². The van der Waals surface area contributed by atoms with E-state index >= 15 is 0 Å². The van der Waals surface area contributed by atoms with Gasteiger partial charge in [-0.25, -0.2) is 0 Å². The van der Waals surface area contributed by atoms with Crippen LogP contribution in [0.5, 0.6) is 0 Å². The Bertz CT molecular complexity index is 354. The van der Waals surface area contributed by atoms with E-state index in [1.807, 2.05) is 24.3 Å². The Labute approximate surface area is 96.2 Å². The average molecular weight is 303 g/mol. The molecular weight excluding hydrogens is 293 g/mol. The second-order valence-corrected chi connectivity index (χ2v) is 4.32. The Kier molecular flexibility index (Phi) is 3.02. The SMILES string of the molecule is O=C1COCCN1c1cccc(I)c1. The number of hydrogen-bond donors (Lipinski definition) is 0. The highest BCUT2D eigenvalue weighted by atomic mass is 127. The van der Waals surface area contributed by atoms with Gasteiger partial charge in [0.05, 0.1) is 6.61 Å². The van der Waals surface area contributed by atoms with Gasteiger partial charge in [0.15, 0.2) is 0 Å². The summed E-state index contributed by atoms with van der Waals surface area (Å²) in [7, 11) is 0. The van der Waals surface area contributed by atoms with Crippen molar-refractivity contribution in [1.82, 2.24) is 0 Å². The van der Waals surface area contributed by atoms with Crippen molar-refractivity contribution in [3.8, 4) is 0 Å². The van der Waals surface area contributed by atoms with Crippen molar-refractivity contribution in [3.63, 3.8) is 0 Å². The quantitative estimate of drug-likeness (QED) is 0.738. The van der Waals surface area contributed by atoms with Gasteiger partial charge in [-0.1, -0.05) is 6.07 Å². The van der Waals surface area contributed by atoms with Gasteiger partial charge in [0, 0.05) is 15.8 Å². The molecule has 1 aliphatic heterocycles. The highest BCUT2D eigenvalue weighted by molar-refractivity contribution is 14.1. The summed E-state index contributed by atoms with van der Waals surface area (Å²) in [6, 6.07) is 7.92. The molecule has 14 heavy (non-hydrogen) atoms. The van der Waals surface area contributed by atoms with E-state index in [0.717, 1.165) is 9.26 Å². The van der Waals surface area contributed by atoms with Gasteiger partial charge < -0.3 is 9.64 Å². The number of nitrogens with zero attached hydrogens (tertiary/aromatic N) is 1. The Hall–Kier alpha value is -0.620. The third-order valence-corrected chi connectivity index (χ3v) is 2.78. The number of halogens is 1. The Morgan fingerprint density at radius 1 is 1.43 bits per heavy atom. The number of hydrogen-bond acceptors (Lipinski definition) is 2. The normalized spacial score (nSPS) is 17.2. The Morgan fingerprint density at radius 3 is 3.00 bits per heavy atom. The van der Waals surface area contributed by atoms with Gasteiger partial charge in [-0.2, -0.15) is 0 Å². The van der Waals surface area contributed by atoms with Gasteiger partial charge in [0.1, 0.15) is 6.61 Å². The monoisotopic (exact) mass is 303 g/mol. The van der Waals surface area contributed by atoms with Crippen molar-refractivity contribution in [1.29, 1.82) is 0 Å². The van der Waals surface area contributed by atoms with Gasteiger partial charge in [-0.15, -0.1) is 0 Å². The molecule has 4 heteroatoms. The molecular formula is C10H10INO2. The molecule has 0 saturated carbocycles. The van der Waals surface area contributed by atoms with E-state index in [1.165, 1.54) is 0 Å². The maximum absolute atomic E-state index is 11.5. The number of carbonyl (C=O) groups excluding carboxylic acids is 1. The van der Waals surface area contributed by atoms with E-state index in [4.69, 9.17) is 4.74 Å². The molecule has 1 aromatic carbocycles. The lowest BCUT2D eigenvalue weighted by atomic mass is 10.2. The fourth-order valence-electron chi connectivity index (χ4n) is 1.44. The van der Waals surface area contributed by atoms with Crippen LogP contribution in [-0.4, -0.2) is 25.7 Å². The predicted molar refractivity (Wildman–Crippen MR) is 62.3 cm³/mol. The molecule has 1 fully saturated rings. The summed E-state index contributed by atoms with van der Waals surface area (Å²) in [5.41, 5.74) is 0.963. The molecule has 0 aromatic heterocycles. The van der Waals surface area contributed by atoms with Crippen LogP contribution in [0.25, 0.3) is 0 Å². The second-order valence-electron chi connectivity index (χ2n) is 3.08. The first-order chi connectivity index (χ1) is 6.77. The molecule has 0 bridgehead atoms. The Balaban J connectivity index is 2.24. The molecule has 1 amide bonds. The van der Waals surface area contributed by atoms with Gasteiger partial charge in [-0.3, -0.25) is 4.79 Å². The zero-order valence-corrected chi connectivity index (χ0v) is 9.73. The van der Waals surface area contributed by atoms with Crippen LogP contribution in [-0.2, 0) is 9.53 Å². The van der Waals surface area contributed by atoms with E-state index in [9.17, 15) is 4.79 Å². The summed E-state index contributed by atoms with van der Waals surface area (Å²) >= 11 is 2.24. The van der Waals surface area contributed by atoms with Crippen molar-refractivity contribution in [3.05, 3.63) is 27.8 Å². The van der Waals surface area contributed by atoms with Crippen molar-refractivity contribution in [2.75, 3.05) is 24.7 Å². The lowest BCUT2D eigenvalue weighted by Gasteiger charge is -2.26. The summed E-state index contributed by atoms with van der Waals surface area (Å²) in [6.07, 6.45) is 0. The minimum atomic E-state index is 0.0400. The van der Waals surface area contributed by atoms with Crippen LogP contribution in [0, 0.1) is 3.57 Å². The molecule has 0 N–H and O–H groups in total. The molecule has 1 heterocycles. The fourth-order valence-corrected chi connectivity index (χ4v) is 1.96. The topological polar surface area (TPSA) is 29.5 Å². The van der Waals surface area contributed by atoms with Crippen LogP contribution in [0.3, 0.4) is 0 Å². The van der Waals surface area contributed by atoms with Gasteiger partial charge in [0.2, 0.25) is 0 Å². The number of morpholine rings is 1. The third kappa shape index (κ3) is 2.06. The standard InChI is InChI=1S/C10H10INO2/c11-8-2-1-3-9(6-8)12-4-5-14-7-10(12)13/h1-3,6H,4-5,7H2. The number of carbonyl (C=O) groups is 1. The molecule has 0 spiro atoms. The predicted octanol–water partition coefficient (Wildman–Crippen LogP) is 1.65. The molecule has 1 saturated heterocycles. The second kappa shape index (κ2) is 4.27. The van der Waals surface area contributed by atoms with Crippen molar-refractivity contribution >= 4 is 34.2 Å². The zero-order valence-electron chi connectivity index (χ0n) is 7.57. The van der Waals surface area contributed by atoms with Crippen molar-refractivity contribution in [2.24, 2.45) is 0 Å². The maximum atomic E-state index is 11.5. The van der Waals surface area contributed by atoms with Crippen LogP contribution < -0.4 is 4.90 Å². The van der Waals surface area contributed by atoms with Crippen LogP contribution in [0.1, 0.15) is 0 Å². The van der Waals surface area contributed by atoms with E-state index < -0.39 is 0 Å². The highest BCUT2D eigenvalue weighted by Crippen LogP contribution is 2.18. The first kappa shape index (κ1) is 9.92. The molecule has 74 valence electrons. The van der Waals surface area contributed by atoms with E-state index in [1.54, 1.807) is 4.90 Å². The van der Waals surface area contributed by atoms with Gasteiger partial charge in [0.25, 0.3) is 5.91 Å². The van der Waals surface area contributed by atoms with Crippen LogP contribution in [0.2, 0.25) is 0 Å². The number of rotatable bonds is 1. The largest absolute Gasteiger partial charge is 0.370 e. The van der Waals surface area contributed by atoms with Crippen LogP contribution in [0.15, 0.2) is 24.3 Å². The number of anilines is 1. The number of ether oxygens (including phenoxy) is 1. The lowest BCUT2D eigenvalue weighted by Crippen LogP contribution is -2.41. The van der Waals surface area contributed by atoms with E-state index in [0.29, 0.717) is 13.2 Å². The third-order valence-electron chi connectivity index (χ3n) is 2.11. The molecule has 3 nitrogen and oxygen atoms in total. The first-order valence-corrected chi connectivity index (χ1v) is 5.49. The average Bonchev–Trinajstić information content (AvgIpc) is 2.18. The molecule has 1 aliphatic rings. The number of amides is 1. The molecule has 0 radical (unpaired) electrons. The van der Waals surface area contributed by atoms with Crippen molar-refractivity contribution in [2.45, 2.75) is 0 Å². The summed E-state index contributed by atoms with van der Waals surface area (Å²) in [5, 5.41) is 0. The fraction of sp³-hybridized carbons (Fsp3) is 0.300. The summed E-state index contributed by atoms with van der Waals surface area (Å²) in [6.45, 7) is 1.47. The summed E-state index contributed by atoms with van der Waals surface area (Å²) in [5.74, 6) is 0.0400. The van der Waals surface area contributed by atoms with Gasteiger partial charge in [-0.05, 0) is 40.8 Å². The molecule has 0 unspecified atom stereocenters. The van der Waals surface area contributed by atoms with Crippen LogP contribution >= 0.6 is 22.6 Å². The molecule has 0 aliphatic carbocycles. The lowest BCUT2D eigenvalue weighted by molar-refractivity contribution is -0.125. The first-order valence-electron chi connectivity index (χ1n) is 4.41. The van der Waals surface area contributed by atoms with E-state index in [2.05, 4.69) is 22.6 Å². The highest BCUT2D eigenvalue weighted by Gasteiger charge is 2.19. The smallest absolute Gasteiger partial charge is 0.253 e. The van der Waals surface area contributed by atoms with E-state index in [-0.39, 0.29) is 12.5 Å². The van der Waals surface area contributed by atoms with Crippen molar-refractivity contribution < 1.29 is 9.53 Å². The number of benzene rings is 1. The Morgan fingerprint density at radius 2 is 2.29 bits per heavy atom. The molecule has 0 atom stereocenters. The minimum Gasteiger partial charge on any atom is -0.370 e. The molecule has 1 aromatic rings.